The van der Waals surface area contributed by atoms with Crippen molar-refractivity contribution in [2.45, 2.75) is 32.0 Å². The first kappa shape index (κ1) is 15.9. The van der Waals surface area contributed by atoms with Crippen molar-refractivity contribution in [2.75, 3.05) is 26.7 Å². The van der Waals surface area contributed by atoms with Gasteiger partial charge in [-0.2, -0.15) is 5.26 Å². The van der Waals surface area contributed by atoms with E-state index in [1.165, 1.54) is 6.07 Å². The molecule has 0 amide bonds. The molecule has 0 bridgehead atoms. The monoisotopic (exact) mass is 291 g/mol. The van der Waals surface area contributed by atoms with Crippen molar-refractivity contribution in [3.05, 3.63) is 35.1 Å². The van der Waals surface area contributed by atoms with Gasteiger partial charge in [0.2, 0.25) is 0 Å². The van der Waals surface area contributed by atoms with Crippen LogP contribution < -0.4 is 5.32 Å². The average molecular weight is 291 g/mol. The Morgan fingerprint density at radius 3 is 2.95 bits per heavy atom. The Bertz CT molecular complexity index is 527. The molecule has 0 aliphatic carbocycles. The Balaban J connectivity index is 2.25. The van der Waals surface area contributed by atoms with E-state index in [1.54, 1.807) is 12.1 Å². The number of nitrogens with zero attached hydrogens (tertiary/aromatic N) is 2. The van der Waals surface area contributed by atoms with Gasteiger partial charge in [-0.25, -0.2) is 4.39 Å². The summed E-state index contributed by atoms with van der Waals surface area (Å²) in [5.41, 5.74) is 1.01. The second-order valence-electron chi connectivity index (χ2n) is 5.75. The molecule has 0 saturated carbocycles. The third-order valence-corrected chi connectivity index (χ3v) is 3.78. The van der Waals surface area contributed by atoms with Gasteiger partial charge in [0.1, 0.15) is 11.9 Å². The van der Waals surface area contributed by atoms with Gasteiger partial charge in [0.15, 0.2) is 0 Å². The van der Waals surface area contributed by atoms with Crippen LogP contribution in [0.1, 0.15) is 31.0 Å². The Hall–Kier alpha value is -1.48. The molecule has 4 nitrogen and oxygen atoms in total. The fourth-order valence-corrected chi connectivity index (χ4v) is 2.67. The summed E-state index contributed by atoms with van der Waals surface area (Å²) >= 11 is 0. The molecule has 0 spiro atoms. The minimum absolute atomic E-state index is 0.0110. The zero-order valence-electron chi connectivity index (χ0n) is 12.8. The SMILES string of the molecule is CC(C)NCC1OCCN(C)C1c1ccc(F)c(C#N)c1. The standard InChI is InChI=1S/C16H22FN3O/c1-11(2)19-10-15-16(20(3)6-7-21-15)12-4-5-14(17)13(8-12)9-18/h4-5,8,11,15-16,19H,6-7,10H2,1-3H3. The minimum Gasteiger partial charge on any atom is -0.374 e. The molecule has 0 radical (unpaired) electrons. The van der Waals surface area contributed by atoms with Crippen LogP contribution in [0.5, 0.6) is 0 Å². The molecule has 1 N–H and O–H groups in total. The molecular formula is C16H22FN3O. The molecule has 1 aromatic rings. The van der Waals surface area contributed by atoms with Crippen molar-refractivity contribution in [1.29, 1.82) is 5.26 Å². The number of nitrogens with one attached hydrogen (secondary N) is 1. The highest BCUT2D eigenvalue weighted by Gasteiger charge is 2.31. The van der Waals surface area contributed by atoms with Crippen LogP contribution in [0.15, 0.2) is 18.2 Å². The Morgan fingerprint density at radius 2 is 2.29 bits per heavy atom. The van der Waals surface area contributed by atoms with Crippen LogP contribution in [-0.4, -0.2) is 43.8 Å². The van der Waals surface area contributed by atoms with Crippen molar-refractivity contribution in [3.8, 4) is 6.07 Å². The van der Waals surface area contributed by atoms with Crippen LogP contribution in [0.25, 0.3) is 0 Å². The summed E-state index contributed by atoms with van der Waals surface area (Å²) in [5.74, 6) is -0.475. The highest BCUT2D eigenvalue weighted by Crippen LogP contribution is 2.29. The molecule has 1 aliphatic rings. The van der Waals surface area contributed by atoms with Crippen LogP contribution in [0.2, 0.25) is 0 Å². The highest BCUT2D eigenvalue weighted by molar-refractivity contribution is 5.36. The molecule has 114 valence electrons. The maximum Gasteiger partial charge on any atom is 0.140 e. The third kappa shape index (κ3) is 3.79. The molecule has 21 heavy (non-hydrogen) atoms. The molecule has 2 rings (SSSR count). The lowest BCUT2D eigenvalue weighted by Gasteiger charge is -2.40. The first-order valence-electron chi connectivity index (χ1n) is 7.27. The molecule has 0 aromatic heterocycles. The number of hydrogen-bond acceptors (Lipinski definition) is 4. The average Bonchev–Trinajstić information content (AvgIpc) is 2.46. The van der Waals surface area contributed by atoms with E-state index in [9.17, 15) is 4.39 Å². The van der Waals surface area contributed by atoms with Crippen LogP contribution >= 0.6 is 0 Å². The number of benzene rings is 1. The minimum atomic E-state index is -0.475. The maximum absolute atomic E-state index is 13.5. The lowest BCUT2D eigenvalue weighted by molar-refractivity contribution is -0.0620. The van der Waals surface area contributed by atoms with Gasteiger partial charge in [-0.15, -0.1) is 0 Å². The number of rotatable bonds is 4. The molecule has 1 fully saturated rings. The van der Waals surface area contributed by atoms with Crippen molar-refractivity contribution in [2.24, 2.45) is 0 Å². The van der Waals surface area contributed by atoms with Crippen molar-refractivity contribution < 1.29 is 9.13 Å². The Kier molecular flexibility index (Phi) is 5.29. The molecule has 1 heterocycles. The summed E-state index contributed by atoms with van der Waals surface area (Å²) in [6.07, 6.45) is -0.0110. The van der Waals surface area contributed by atoms with E-state index >= 15 is 0 Å². The molecule has 5 heteroatoms. The third-order valence-electron chi connectivity index (χ3n) is 3.78. The topological polar surface area (TPSA) is 48.3 Å². The molecular weight excluding hydrogens is 269 g/mol. The zero-order chi connectivity index (χ0) is 15.4. The van der Waals surface area contributed by atoms with Crippen LogP contribution in [-0.2, 0) is 4.74 Å². The first-order valence-corrected chi connectivity index (χ1v) is 7.27. The van der Waals surface area contributed by atoms with Gasteiger partial charge < -0.3 is 10.1 Å². The van der Waals surface area contributed by atoms with Gasteiger partial charge in [-0.3, -0.25) is 4.90 Å². The number of nitriles is 1. The van der Waals surface area contributed by atoms with E-state index in [-0.39, 0.29) is 17.7 Å². The van der Waals surface area contributed by atoms with Gasteiger partial charge in [-0.1, -0.05) is 19.9 Å². The van der Waals surface area contributed by atoms with Crippen molar-refractivity contribution in [1.82, 2.24) is 10.2 Å². The molecule has 2 unspecified atom stereocenters. The summed E-state index contributed by atoms with van der Waals surface area (Å²) in [7, 11) is 2.03. The van der Waals surface area contributed by atoms with Gasteiger partial charge in [0.05, 0.1) is 24.3 Å². The Morgan fingerprint density at radius 1 is 1.52 bits per heavy atom. The van der Waals surface area contributed by atoms with E-state index < -0.39 is 5.82 Å². The summed E-state index contributed by atoms with van der Waals surface area (Å²) < 4.78 is 19.4. The smallest absolute Gasteiger partial charge is 0.140 e. The zero-order valence-corrected chi connectivity index (χ0v) is 12.8. The second-order valence-corrected chi connectivity index (χ2v) is 5.75. The van der Waals surface area contributed by atoms with Crippen molar-refractivity contribution in [3.63, 3.8) is 0 Å². The van der Waals surface area contributed by atoms with Gasteiger partial charge in [0, 0.05) is 19.1 Å². The van der Waals surface area contributed by atoms with Crippen LogP contribution in [0, 0.1) is 17.1 Å². The van der Waals surface area contributed by atoms with E-state index in [1.807, 2.05) is 13.1 Å². The van der Waals surface area contributed by atoms with Crippen LogP contribution in [0.4, 0.5) is 4.39 Å². The summed E-state index contributed by atoms with van der Waals surface area (Å²) in [6, 6.07) is 7.05. The molecule has 1 saturated heterocycles. The summed E-state index contributed by atoms with van der Waals surface area (Å²) in [5, 5.41) is 12.4. The number of halogens is 1. The quantitative estimate of drug-likeness (QED) is 0.922. The summed E-state index contributed by atoms with van der Waals surface area (Å²) in [6.45, 7) is 6.41. The number of likely N-dealkylation sites (N-methyl/N-ethyl adjacent to an activating group) is 1. The fourth-order valence-electron chi connectivity index (χ4n) is 2.67. The Labute approximate surface area is 125 Å². The van der Waals surface area contributed by atoms with E-state index in [4.69, 9.17) is 10.00 Å². The molecule has 1 aromatic carbocycles. The maximum atomic E-state index is 13.5. The second kappa shape index (κ2) is 6.99. The van der Waals surface area contributed by atoms with Gasteiger partial charge in [0.25, 0.3) is 0 Å². The predicted molar refractivity (Wildman–Crippen MR) is 79.4 cm³/mol. The van der Waals surface area contributed by atoms with Gasteiger partial charge in [-0.05, 0) is 24.7 Å². The highest BCUT2D eigenvalue weighted by atomic mass is 19.1. The first-order chi connectivity index (χ1) is 10.0. The number of morpholine rings is 1. The number of hydrogen-bond donors (Lipinski definition) is 1. The summed E-state index contributed by atoms with van der Waals surface area (Å²) in [4.78, 5) is 2.20. The van der Waals surface area contributed by atoms with E-state index in [2.05, 4.69) is 24.1 Å². The molecule has 1 aliphatic heterocycles. The lowest BCUT2D eigenvalue weighted by Crippen LogP contribution is -2.48. The molecule has 2 atom stereocenters. The van der Waals surface area contributed by atoms with Crippen LogP contribution in [0.3, 0.4) is 0 Å². The van der Waals surface area contributed by atoms with E-state index in [0.717, 1.165) is 18.7 Å². The largest absolute Gasteiger partial charge is 0.374 e. The van der Waals surface area contributed by atoms with E-state index in [0.29, 0.717) is 12.6 Å². The predicted octanol–water partition coefficient (Wildman–Crippen LogP) is 2.07. The van der Waals surface area contributed by atoms with Crippen molar-refractivity contribution >= 4 is 0 Å². The fraction of sp³-hybridized carbons (Fsp3) is 0.562. The lowest BCUT2D eigenvalue weighted by atomic mass is 9.96. The number of ether oxygens (including phenoxy) is 1. The normalized spacial score (nSPS) is 23.2. The van der Waals surface area contributed by atoms with Gasteiger partial charge >= 0.3 is 0 Å².